The number of aromatic nitrogens is 1. The summed E-state index contributed by atoms with van der Waals surface area (Å²) in [6, 6.07) is 14.8. The van der Waals surface area contributed by atoms with Crippen LogP contribution in [0.25, 0.3) is 11.3 Å². The first-order chi connectivity index (χ1) is 10.2. The molecule has 0 atom stereocenters. The summed E-state index contributed by atoms with van der Waals surface area (Å²) < 4.78 is 14.6. The Morgan fingerprint density at radius 3 is 2.67 bits per heavy atom. The fourth-order valence-corrected chi connectivity index (χ4v) is 4.05. The second-order valence-electron chi connectivity index (χ2n) is 4.35. The largest absolute Gasteiger partial charge is 0.230 e. The van der Waals surface area contributed by atoms with E-state index in [0.29, 0.717) is 16.3 Å². The van der Waals surface area contributed by atoms with E-state index in [1.165, 1.54) is 17.8 Å². The molecule has 1 nitrogen and oxygen atoms in total. The van der Waals surface area contributed by atoms with Crippen molar-refractivity contribution in [3.05, 3.63) is 70.3 Å². The topological polar surface area (TPSA) is 12.9 Å². The normalized spacial score (nSPS) is 10.8. The van der Waals surface area contributed by atoms with E-state index in [0.717, 1.165) is 15.6 Å². The van der Waals surface area contributed by atoms with Crippen LogP contribution in [0, 0.1) is 5.82 Å². The van der Waals surface area contributed by atoms with Gasteiger partial charge in [0.25, 0.3) is 0 Å². The van der Waals surface area contributed by atoms with Crippen molar-refractivity contribution in [3.63, 3.8) is 0 Å². The summed E-state index contributed by atoms with van der Waals surface area (Å²) in [4.78, 5) is 4.57. The molecular weight excluding hydrogens is 325 g/mol. The van der Waals surface area contributed by atoms with E-state index in [-0.39, 0.29) is 5.82 Å². The third-order valence-corrected chi connectivity index (χ3v) is 5.36. The Balaban J connectivity index is 1.74. The van der Waals surface area contributed by atoms with Crippen LogP contribution in [-0.2, 0) is 5.75 Å². The summed E-state index contributed by atoms with van der Waals surface area (Å²) in [6.07, 6.45) is 0. The lowest BCUT2D eigenvalue weighted by atomic mass is 10.2. The summed E-state index contributed by atoms with van der Waals surface area (Å²) >= 11 is 9.09. The molecule has 5 heteroatoms. The predicted octanol–water partition coefficient (Wildman–Crippen LogP) is 5.89. The Bertz CT molecular complexity index is 723. The van der Waals surface area contributed by atoms with E-state index < -0.39 is 0 Å². The molecule has 0 saturated carbocycles. The molecule has 0 saturated heterocycles. The molecule has 2 aromatic carbocycles. The van der Waals surface area contributed by atoms with Gasteiger partial charge in [-0.2, -0.15) is 0 Å². The van der Waals surface area contributed by atoms with Crippen LogP contribution in [0.1, 0.15) is 5.56 Å². The number of thiazole rings is 1. The minimum Gasteiger partial charge on any atom is -0.230 e. The summed E-state index contributed by atoms with van der Waals surface area (Å²) in [6.45, 7) is 0. The van der Waals surface area contributed by atoms with Gasteiger partial charge in [-0.3, -0.25) is 0 Å². The van der Waals surface area contributed by atoms with Crippen LogP contribution >= 0.6 is 34.7 Å². The lowest BCUT2D eigenvalue weighted by Crippen LogP contribution is -1.88. The van der Waals surface area contributed by atoms with Crippen molar-refractivity contribution in [2.45, 2.75) is 10.1 Å². The highest BCUT2D eigenvalue weighted by Crippen LogP contribution is 2.32. The van der Waals surface area contributed by atoms with E-state index in [4.69, 9.17) is 11.6 Å². The van der Waals surface area contributed by atoms with Crippen LogP contribution < -0.4 is 0 Å². The van der Waals surface area contributed by atoms with E-state index in [9.17, 15) is 4.39 Å². The van der Waals surface area contributed by atoms with Gasteiger partial charge in [-0.15, -0.1) is 11.3 Å². The standard InChI is InChI=1S/C16H11ClFNS2/c17-13-7-4-8-14(18)12(13)9-20-16-19-15(10-21-16)11-5-2-1-3-6-11/h1-8,10H,9H2. The van der Waals surface area contributed by atoms with Crippen LogP contribution in [0.15, 0.2) is 58.3 Å². The van der Waals surface area contributed by atoms with Gasteiger partial charge in [-0.05, 0) is 12.1 Å². The molecule has 106 valence electrons. The average Bonchev–Trinajstić information content (AvgIpc) is 2.97. The zero-order valence-corrected chi connectivity index (χ0v) is 13.3. The summed E-state index contributed by atoms with van der Waals surface area (Å²) in [7, 11) is 0. The number of benzene rings is 2. The Labute approximate surface area is 135 Å². The molecule has 1 aromatic heterocycles. The van der Waals surface area contributed by atoms with Crippen LogP contribution in [-0.4, -0.2) is 4.98 Å². The Hall–Kier alpha value is -1.36. The Kier molecular flexibility index (Phi) is 4.58. The maximum absolute atomic E-state index is 13.7. The molecule has 0 unspecified atom stereocenters. The Morgan fingerprint density at radius 2 is 1.90 bits per heavy atom. The van der Waals surface area contributed by atoms with Crippen LogP contribution in [0.3, 0.4) is 0 Å². The highest BCUT2D eigenvalue weighted by Gasteiger charge is 2.10. The maximum atomic E-state index is 13.7. The van der Waals surface area contributed by atoms with Crippen molar-refractivity contribution in [2.24, 2.45) is 0 Å². The molecular formula is C16H11ClFNS2. The zero-order valence-electron chi connectivity index (χ0n) is 10.9. The molecule has 0 N–H and O–H groups in total. The first-order valence-corrected chi connectivity index (χ1v) is 8.55. The number of hydrogen-bond donors (Lipinski definition) is 0. The van der Waals surface area contributed by atoms with E-state index in [1.807, 2.05) is 35.7 Å². The number of hydrogen-bond acceptors (Lipinski definition) is 3. The van der Waals surface area contributed by atoms with Crippen molar-refractivity contribution in [3.8, 4) is 11.3 Å². The highest BCUT2D eigenvalue weighted by molar-refractivity contribution is 8.00. The van der Waals surface area contributed by atoms with Gasteiger partial charge in [-0.25, -0.2) is 9.37 Å². The fourth-order valence-electron chi connectivity index (χ4n) is 1.87. The van der Waals surface area contributed by atoms with Gasteiger partial charge in [0.2, 0.25) is 0 Å². The summed E-state index contributed by atoms with van der Waals surface area (Å²) in [5.41, 5.74) is 2.56. The van der Waals surface area contributed by atoms with Gasteiger partial charge in [0, 0.05) is 27.3 Å². The molecule has 0 spiro atoms. The van der Waals surface area contributed by atoms with Gasteiger partial charge in [0.1, 0.15) is 5.82 Å². The van der Waals surface area contributed by atoms with Crippen molar-refractivity contribution in [1.29, 1.82) is 0 Å². The molecule has 0 amide bonds. The van der Waals surface area contributed by atoms with Gasteiger partial charge < -0.3 is 0 Å². The maximum Gasteiger partial charge on any atom is 0.150 e. The fraction of sp³-hybridized carbons (Fsp3) is 0.0625. The van der Waals surface area contributed by atoms with Crippen LogP contribution in [0.4, 0.5) is 4.39 Å². The predicted molar refractivity (Wildman–Crippen MR) is 88.5 cm³/mol. The number of rotatable bonds is 4. The van der Waals surface area contributed by atoms with Crippen molar-refractivity contribution in [1.82, 2.24) is 4.98 Å². The summed E-state index contributed by atoms with van der Waals surface area (Å²) in [5, 5.41) is 2.48. The van der Waals surface area contributed by atoms with Gasteiger partial charge >= 0.3 is 0 Å². The molecule has 0 aliphatic heterocycles. The molecule has 0 aliphatic carbocycles. The zero-order chi connectivity index (χ0) is 14.7. The minimum atomic E-state index is -0.269. The molecule has 0 bridgehead atoms. The second kappa shape index (κ2) is 6.60. The molecule has 0 radical (unpaired) electrons. The van der Waals surface area contributed by atoms with Crippen molar-refractivity contribution < 1.29 is 4.39 Å². The van der Waals surface area contributed by atoms with Crippen molar-refractivity contribution in [2.75, 3.05) is 0 Å². The molecule has 0 fully saturated rings. The minimum absolute atomic E-state index is 0.269. The molecule has 1 heterocycles. The lowest BCUT2D eigenvalue weighted by Gasteiger charge is -2.03. The van der Waals surface area contributed by atoms with E-state index >= 15 is 0 Å². The SMILES string of the molecule is Fc1cccc(Cl)c1CSc1nc(-c2ccccc2)cs1. The van der Waals surface area contributed by atoms with Crippen LogP contribution in [0.5, 0.6) is 0 Å². The Morgan fingerprint density at radius 1 is 1.10 bits per heavy atom. The monoisotopic (exact) mass is 335 g/mol. The van der Waals surface area contributed by atoms with Gasteiger partial charge in [0.15, 0.2) is 4.34 Å². The lowest BCUT2D eigenvalue weighted by molar-refractivity contribution is 0.617. The third-order valence-electron chi connectivity index (χ3n) is 2.95. The molecule has 3 rings (SSSR count). The van der Waals surface area contributed by atoms with E-state index in [1.54, 1.807) is 23.5 Å². The highest BCUT2D eigenvalue weighted by atomic mass is 35.5. The second-order valence-corrected chi connectivity index (χ2v) is 6.84. The molecule has 3 aromatic rings. The quantitative estimate of drug-likeness (QED) is 0.551. The van der Waals surface area contributed by atoms with E-state index in [2.05, 4.69) is 4.98 Å². The first-order valence-electron chi connectivity index (χ1n) is 6.30. The first kappa shape index (κ1) is 14.6. The smallest absolute Gasteiger partial charge is 0.150 e. The summed E-state index contributed by atoms with van der Waals surface area (Å²) in [5.74, 6) is 0.211. The number of halogens is 2. The third kappa shape index (κ3) is 3.46. The van der Waals surface area contributed by atoms with Crippen molar-refractivity contribution >= 4 is 34.7 Å². The van der Waals surface area contributed by atoms with Gasteiger partial charge in [0.05, 0.1) is 5.69 Å². The number of thioether (sulfide) groups is 1. The van der Waals surface area contributed by atoms with Gasteiger partial charge in [-0.1, -0.05) is 59.8 Å². The number of nitrogens with zero attached hydrogens (tertiary/aromatic N) is 1. The average molecular weight is 336 g/mol. The molecule has 0 aliphatic rings. The molecule has 21 heavy (non-hydrogen) atoms. The van der Waals surface area contributed by atoms with Crippen LogP contribution in [0.2, 0.25) is 5.02 Å².